The Labute approximate surface area is 138 Å². The number of hydrogen-bond acceptors (Lipinski definition) is 0. The molecule has 0 saturated heterocycles. The molecule has 0 radical (unpaired) electrons. The number of rotatable bonds is 0. The summed E-state index contributed by atoms with van der Waals surface area (Å²) in [5.41, 5.74) is 1.31. The van der Waals surface area contributed by atoms with Gasteiger partial charge in [-0.2, -0.15) is 0 Å². The highest BCUT2D eigenvalue weighted by molar-refractivity contribution is 5.08. The second kappa shape index (κ2) is 5.00. The fourth-order valence-corrected chi connectivity index (χ4v) is 8.11. The quantitative estimate of drug-likeness (QED) is 0.476. The average molecular weight is 303 g/mol. The van der Waals surface area contributed by atoms with Gasteiger partial charge in [0.15, 0.2) is 0 Å². The van der Waals surface area contributed by atoms with E-state index in [1.165, 1.54) is 42.9 Å². The zero-order valence-electron chi connectivity index (χ0n) is 15.7. The average Bonchev–Trinajstić information content (AvgIpc) is 3.15. The molecular weight excluding hydrogens is 264 g/mol. The van der Waals surface area contributed by atoms with Crippen LogP contribution >= 0.6 is 0 Å². The van der Waals surface area contributed by atoms with Crippen molar-refractivity contribution in [2.45, 2.75) is 86.0 Å². The van der Waals surface area contributed by atoms with E-state index in [-0.39, 0.29) is 0 Å². The maximum atomic E-state index is 2.50. The molecule has 5 aliphatic carbocycles. The molecular formula is C22H38. The van der Waals surface area contributed by atoms with Crippen molar-refractivity contribution in [3.05, 3.63) is 0 Å². The zero-order chi connectivity index (χ0) is 15.7. The highest BCUT2D eigenvalue weighted by Gasteiger charge is 2.58. The van der Waals surface area contributed by atoms with Crippen LogP contribution in [-0.4, -0.2) is 0 Å². The Bertz CT molecular complexity index is 415. The van der Waals surface area contributed by atoms with Crippen molar-refractivity contribution < 1.29 is 0 Å². The van der Waals surface area contributed by atoms with Crippen molar-refractivity contribution in [3.63, 3.8) is 0 Å². The number of hydrogen-bond donors (Lipinski definition) is 0. The Morgan fingerprint density at radius 1 is 0.773 bits per heavy atom. The molecule has 22 heavy (non-hydrogen) atoms. The van der Waals surface area contributed by atoms with Crippen LogP contribution in [-0.2, 0) is 0 Å². The molecule has 126 valence electrons. The van der Waals surface area contributed by atoms with Crippen LogP contribution in [0.15, 0.2) is 0 Å². The van der Waals surface area contributed by atoms with Gasteiger partial charge in [0.25, 0.3) is 0 Å². The fraction of sp³-hybridized carbons (Fsp3) is 1.00. The molecule has 0 aromatic carbocycles. The first kappa shape index (κ1) is 15.5. The molecule has 0 amide bonds. The van der Waals surface area contributed by atoms with Crippen molar-refractivity contribution in [1.82, 2.24) is 0 Å². The highest BCUT2D eigenvalue weighted by Crippen LogP contribution is 2.67. The van der Waals surface area contributed by atoms with E-state index in [1.807, 2.05) is 0 Å². The Morgan fingerprint density at radius 2 is 1.36 bits per heavy atom. The lowest BCUT2D eigenvalue weighted by atomic mass is 9.71. The SMILES string of the molecule is CC1CC2(C)CCC1C2(C)C.CC1CC2C3CCC(C3)C2C1. The molecule has 5 fully saturated rings. The zero-order valence-corrected chi connectivity index (χ0v) is 15.7. The molecule has 7 unspecified atom stereocenters. The van der Waals surface area contributed by atoms with Crippen molar-refractivity contribution in [2.24, 2.45) is 52.3 Å². The molecule has 0 spiro atoms. The van der Waals surface area contributed by atoms with Gasteiger partial charge in [-0.3, -0.25) is 0 Å². The molecule has 0 heteroatoms. The summed E-state index contributed by atoms with van der Waals surface area (Å²) in [6.07, 6.45) is 12.4. The Hall–Kier alpha value is 0. The molecule has 0 N–H and O–H groups in total. The largest absolute Gasteiger partial charge is 0.0625 e. The second-order valence-electron chi connectivity index (χ2n) is 10.8. The van der Waals surface area contributed by atoms with Crippen molar-refractivity contribution in [2.75, 3.05) is 0 Å². The van der Waals surface area contributed by atoms with Crippen LogP contribution in [0, 0.1) is 52.3 Å². The van der Waals surface area contributed by atoms with Gasteiger partial charge in [-0.05, 0) is 104 Å². The van der Waals surface area contributed by atoms with E-state index in [0.29, 0.717) is 10.8 Å². The van der Waals surface area contributed by atoms with Gasteiger partial charge in [0.2, 0.25) is 0 Å². The molecule has 0 nitrogen and oxygen atoms in total. The summed E-state index contributed by atoms with van der Waals surface area (Å²) >= 11 is 0. The van der Waals surface area contributed by atoms with E-state index in [2.05, 4.69) is 34.6 Å². The standard InChI is InChI=1S/C11H18.C11H20/c1-7-4-10-8-2-3-9(6-8)11(10)5-7;1-8-7-11(4)6-5-9(8)10(11,2)3/h7-11H,2-6H2,1H3;8-9H,5-7H2,1-4H3. The summed E-state index contributed by atoms with van der Waals surface area (Å²) in [7, 11) is 0. The summed E-state index contributed by atoms with van der Waals surface area (Å²) in [4.78, 5) is 0. The lowest BCUT2D eigenvalue weighted by molar-refractivity contribution is 0.152. The lowest BCUT2D eigenvalue weighted by Crippen LogP contribution is -2.26. The summed E-state index contributed by atoms with van der Waals surface area (Å²) in [5.74, 6) is 7.79. The molecule has 5 rings (SSSR count). The van der Waals surface area contributed by atoms with E-state index in [4.69, 9.17) is 0 Å². The Balaban J connectivity index is 0.000000114. The third kappa shape index (κ3) is 2.07. The summed E-state index contributed by atoms with van der Waals surface area (Å²) in [5, 5.41) is 0. The van der Waals surface area contributed by atoms with Crippen LogP contribution in [0.2, 0.25) is 0 Å². The van der Waals surface area contributed by atoms with Crippen LogP contribution in [0.1, 0.15) is 86.0 Å². The molecule has 5 saturated carbocycles. The van der Waals surface area contributed by atoms with E-state index >= 15 is 0 Å². The topological polar surface area (TPSA) is 0 Å². The van der Waals surface area contributed by atoms with Gasteiger partial charge in [0.1, 0.15) is 0 Å². The van der Waals surface area contributed by atoms with Crippen LogP contribution in [0.3, 0.4) is 0 Å². The van der Waals surface area contributed by atoms with Crippen LogP contribution in [0.25, 0.3) is 0 Å². The van der Waals surface area contributed by atoms with Gasteiger partial charge in [-0.1, -0.05) is 34.6 Å². The van der Waals surface area contributed by atoms with E-state index < -0.39 is 0 Å². The summed E-state index contributed by atoms with van der Waals surface area (Å²) in [6, 6.07) is 0. The summed E-state index contributed by atoms with van der Waals surface area (Å²) in [6.45, 7) is 12.4. The Kier molecular flexibility index (Phi) is 3.53. The van der Waals surface area contributed by atoms with Gasteiger partial charge in [0.05, 0.1) is 0 Å². The predicted molar refractivity (Wildman–Crippen MR) is 94.6 cm³/mol. The normalized spacial score (nSPS) is 56.9. The van der Waals surface area contributed by atoms with Gasteiger partial charge in [0, 0.05) is 0 Å². The monoisotopic (exact) mass is 302 g/mol. The van der Waals surface area contributed by atoms with Crippen molar-refractivity contribution in [3.8, 4) is 0 Å². The summed E-state index contributed by atoms with van der Waals surface area (Å²) < 4.78 is 0. The third-order valence-electron chi connectivity index (χ3n) is 9.57. The molecule has 0 aromatic rings. The van der Waals surface area contributed by atoms with E-state index in [9.17, 15) is 0 Å². The van der Waals surface area contributed by atoms with Crippen LogP contribution in [0.5, 0.6) is 0 Å². The van der Waals surface area contributed by atoms with Crippen LogP contribution < -0.4 is 0 Å². The minimum atomic E-state index is 0.631. The molecule has 5 aliphatic rings. The molecule has 7 atom stereocenters. The highest BCUT2D eigenvalue weighted by atomic mass is 14.6. The number of fused-ring (bicyclic) bond motifs is 7. The smallest absolute Gasteiger partial charge is 0.0269 e. The maximum absolute atomic E-state index is 2.50. The molecule has 0 heterocycles. The van der Waals surface area contributed by atoms with Crippen LogP contribution in [0.4, 0.5) is 0 Å². The minimum Gasteiger partial charge on any atom is -0.0625 e. The first-order chi connectivity index (χ1) is 10.3. The molecule has 0 aliphatic heterocycles. The van der Waals surface area contributed by atoms with E-state index in [0.717, 1.165) is 17.8 Å². The van der Waals surface area contributed by atoms with Gasteiger partial charge in [-0.25, -0.2) is 0 Å². The predicted octanol–water partition coefficient (Wildman–Crippen LogP) is 6.55. The van der Waals surface area contributed by atoms with Gasteiger partial charge >= 0.3 is 0 Å². The van der Waals surface area contributed by atoms with Gasteiger partial charge in [-0.15, -0.1) is 0 Å². The maximum Gasteiger partial charge on any atom is -0.0269 e. The van der Waals surface area contributed by atoms with Crippen molar-refractivity contribution >= 4 is 0 Å². The fourth-order valence-electron chi connectivity index (χ4n) is 8.11. The van der Waals surface area contributed by atoms with Crippen molar-refractivity contribution in [1.29, 1.82) is 0 Å². The Morgan fingerprint density at radius 3 is 1.73 bits per heavy atom. The lowest BCUT2D eigenvalue weighted by Gasteiger charge is -2.34. The minimum absolute atomic E-state index is 0.631. The second-order valence-corrected chi connectivity index (χ2v) is 10.8. The first-order valence-electron chi connectivity index (χ1n) is 10.3. The molecule has 0 aromatic heterocycles. The first-order valence-corrected chi connectivity index (χ1v) is 10.3. The van der Waals surface area contributed by atoms with Gasteiger partial charge < -0.3 is 0 Å². The molecule has 4 bridgehead atoms. The van der Waals surface area contributed by atoms with E-state index in [1.54, 1.807) is 32.1 Å². The third-order valence-corrected chi connectivity index (χ3v) is 9.57.